The fourth-order valence-electron chi connectivity index (χ4n) is 5.00. The number of nitrogens with zero attached hydrogens (tertiary/aromatic N) is 8. The van der Waals surface area contributed by atoms with E-state index in [2.05, 4.69) is 55.9 Å². The summed E-state index contributed by atoms with van der Waals surface area (Å²) in [6.07, 6.45) is 8.32. The maximum atomic E-state index is 10.1. The number of aromatic nitrogens is 6. The van der Waals surface area contributed by atoms with Crippen molar-refractivity contribution in [2.75, 3.05) is 4.90 Å². The third-order valence-corrected chi connectivity index (χ3v) is 8.16. The summed E-state index contributed by atoms with van der Waals surface area (Å²) in [7, 11) is 0. The minimum atomic E-state index is 0.536. The number of hydrogen-bond donors (Lipinski definition) is 0. The summed E-state index contributed by atoms with van der Waals surface area (Å²) in [5.41, 5.74) is 6.09. The van der Waals surface area contributed by atoms with E-state index in [0.29, 0.717) is 26.2 Å². The lowest BCUT2D eigenvalue weighted by Crippen LogP contribution is -2.22. The molecule has 9 heteroatoms. The van der Waals surface area contributed by atoms with Gasteiger partial charge in [0, 0.05) is 4.88 Å². The van der Waals surface area contributed by atoms with E-state index in [4.69, 9.17) is 0 Å². The predicted octanol–water partition coefficient (Wildman–Crippen LogP) is 4.98. The Morgan fingerprint density at radius 1 is 0.789 bits per heavy atom. The molecule has 0 bridgehead atoms. The van der Waals surface area contributed by atoms with Crippen molar-refractivity contribution in [2.45, 2.75) is 51.9 Å². The van der Waals surface area contributed by atoms with E-state index in [-0.39, 0.29) is 0 Å². The Labute approximate surface area is 225 Å². The van der Waals surface area contributed by atoms with Crippen LogP contribution in [0.5, 0.6) is 0 Å². The number of rotatable bonds is 9. The summed E-state index contributed by atoms with van der Waals surface area (Å²) in [4.78, 5) is 3.56. The Bertz CT molecular complexity index is 1460. The van der Waals surface area contributed by atoms with Gasteiger partial charge in [-0.2, -0.15) is 5.26 Å². The van der Waals surface area contributed by atoms with Crippen molar-refractivity contribution in [3.63, 3.8) is 0 Å². The minimum Gasteiger partial charge on any atom is -0.350 e. The van der Waals surface area contributed by atoms with E-state index in [9.17, 15) is 5.26 Å². The Balaban J connectivity index is 1.27. The van der Waals surface area contributed by atoms with Crippen LogP contribution in [0.25, 0.3) is 0 Å². The molecule has 3 heterocycles. The maximum absolute atomic E-state index is 10.1. The van der Waals surface area contributed by atoms with Crippen molar-refractivity contribution in [1.29, 1.82) is 5.26 Å². The van der Waals surface area contributed by atoms with Gasteiger partial charge in [-0.05, 0) is 42.4 Å². The highest BCUT2D eigenvalue weighted by Crippen LogP contribution is 2.40. The SMILES string of the molecule is N#Cc1c(N(Cc2cn(Cc3ccccc3)nn2)Cc2cn(Cc3ccccc3)nn2)sc2c1CCCC2. The normalized spacial score (nSPS) is 12.7. The average molecular weight is 521 g/mol. The van der Waals surface area contributed by atoms with Crippen LogP contribution in [0, 0.1) is 11.3 Å². The number of hydrogen-bond acceptors (Lipinski definition) is 7. The van der Waals surface area contributed by atoms with Crippen molar-refractivity contribution >= 4 is 16.3 Å². The third kappa shape index (κ3) is 5.36. The maximum Gasteiger partial charge on any atom is 0.110 e. The zero-order valence-corrected chi connectivity index (χ0v) is 21.9. The molecule has 190 valence electrons. The van der Waals surface area contributed by atoms with E-state index in [0.717, 1.165) is 41.2 Å². The summed E-state index contributed by atoms with van der Waals surface area (Å²) in [5, 5.41) is 28.8. The molecule has 0 fully saturated rings. The van der Waals surface area contributed by atoms with Gasteiger partial charge in [0.05, 0.1) is 44.1 Å². The molecule has 0 N–H and O–H groups in total. The number of nitriles is 1. The van der Waals surface area contributed by atoms with Gasteiger partial charge in [0.25, 0.3) is 0 Å². The van der Waals surface area contributed by atoms with Gasteiger partial charge in [0.15, 0.2) is 0 Å². The van der Waals surface area contributed by atoms with Gasteiger partial charge in [-0.1, -0.05) is 71.1 Å². The molecule has 5 aromatic rings. The third-order valence-electron chi connectivity index (χ3n) is 6.80. The Morgan fingerprint density at radius 3 is 1.89 bits per heavy atom. The second kappa shape index (κ2) is 11.0. The molecule has 1 aliphatic carbocycles. The molecular formula is C29H28N8S. The largest absolute Gasteiger partial charge is 0.350 e. The summed E-state index contributed by atoms with van der Waals surface area (Å²) >= 11 is 1.75. The summed E-state index contributed by atoms with van der Waals surface area (Å²) < 4.78 is 3.73. The second-order valence-corrected chi connectivity index (χ2v) is 10.7. The predicted molar refractivity (Wildman–Crippen MR) is 147 cm³/mol. The number of thiophene rings is 1. The smallest absolute Gasteiger partial charge is 0.110 e. The number of aryl methyl sites for hydroxylation is 1. The lowest BCUT2D eigenvalue weighted by atomic mass is 9.96. The molecule has 38 heavy (non-hydrogen) atoms. The van der Waals surface area contributed by atoms with Crippen molar-refractivity contribution in [3.05, 3.63) is 112 Å². The van der Waals surface area contributed by atoms with Crippen LogP contribution in [0.3, 0.4) is 0 Å². The van der Waals surface area contributed by atoms with Gasteiger partial charge in [-0.15, -0.1) is 21.5 Å². The first-order valence-electron chi connectivity index (χ1n) is 12.9. The van der Waals surface area contributed by atoms with Crippen LogP contribution in [0.2, 0.25) is 0 Å². The first kappa shape index (κ1) is 24.1. The van der Waals surface area contributed by atoms with Crippen LogP contribution in [0.1, 0.15) is 51.4 Å². The zero-order chi connectivity index (χ0) is 25.7. The molecule has 0 atom stereocenters. The fraction of sp³-hybridized carbons (Fsp3) is 0.276. The number of benzene rings is 2. The highest BCUT2D eigenvalue weighted by atomic mass is 32.1. The summed E-state index contributed by atoms with van der Waals surface area (Å²) in [6.45, 7) is 2.40. The topological polar surface area (TPSA) is 88.5 Å². The van der Waals surface area contributed by atoms with Crippen LogP contribution in [-0.4, -0.2) is 30.0 Å². The molecule has 0 spiro atoms. The average Bonchev–Trinajstić information content (AvgIpc) is 3.68. The van der Waals surface area contributed by atoms with Crippen molar-refractivity contribution in [1.82, 2.24) is 30.0 Å². The van der Waals surface area contributed by atoms with Crippen LogP contribution in [-0.2, 0) is 39.0 Å². The molecular weight excluding hydrogens is 492 g/mol. The molecule has 0 amide bonds. The first-order chi connectivity index (χ1) is 18.7. The lowest BCUT2D eigenvalue weighted by Gasteiger charge is -2.21. The molecule has 0 saturated carbocycles. The van der Waals surface area contributed by atoms with Gasteiger partial charge in [0.2, 0.25) is 0 Å². The Morgan fingerprint density at radius 2 is 1.34 bits per heavy atom. The quantitative estimate of drug-likeness (QED) is 0.272. The van der Waals surface area contributed by atoms with Gasteiger partial charge >= 0.3 is 0 Å². The molecule has 8 nitrogen and oxygen atoms in total. The monoisotopic (exact) mass is 520 g/mol. The molecule has 0 saturated heterocycles. The first-order valence-corrected chi connectivity index (χ1v) is 13.7. The van der Waals surface area contributed by atoms with Crippen molar-refractivity contribution in [3.8, 4) is 6.07 Å². The van der Waals surface area contributed by atoms with Gasteiger partial charge in [0.1, 0.15) is 22.5 Å². The minimum absolute atomic E-state index is 0.536. The molecule has 0 aliphatic heterocycles. The number of anilines is 1. The van der Waals surface area contributed by atoms with E-state index in [1.807, 2.05) is 58.2 Å². The Kier molecular flexibility index (Phi) is 6.96. The van der Waals surface area contributed by atoms with E-state index in [1.54, 1.807) is 11.3 Å². The zero-order valence-electron chi connectivity index (χ0n) is 21.1. The molecule has 3 aromatic heterocycles. The molecule has 0 unspecified atom stereocenters. The van der Waals surface area contributed by atoms with Gasteiger partial charge in [-0.25, -0.2) is 9.36 Å². The van der Waals surface area contributed by atoms with E-state index < -0.39 is 0 Å². The lowest BCUT2D eigenvalue weighted by molar-refractivity contribution is 0.648. The van der Waals surface area contributed by atoms with Crippen LogP contribution in [0.15, 0.2) is 73.1 Å². The van der Waals surface area contributed by atoms with Crippen LogP contribution < -0.4 is 4.90 Å². The Hall–Kier alpha value is -4.29. The highest BCUT2D eigenvalue weighted by Gasteiger charge is 2.25. The molecule has 2 aromatic carbocycles. The number of fused-ring (bicyclic) bond motifs is 1. The molecule has 0 radical (unpaired) electrons. The van der Waals surface area contributed by atoms with Crippen LogP contribution >= 0.6 is 11.3 Å². The van der Waals surface area contributed by atoms with Crippen LogP contribution in [0.4, 0.5) is 5.00 Å². The standard InChI is InChI=1S/C29H28N8S/c30-15-27-26-13-7-8-14-28(26)38-29(27)35(18-24-20-36(33-31-24)16-22-9-3-1-4-10-22)19-25-21-37(34-32-25)17-23-11-5-2-6-12-23/h1-6,9-12,20-21H,7-8,13-14,16-19H2. The fourth-order valence-corrected chi connectivity index (χ4v) is 6.33. The summed E-state index contributed by atoms with van der Waals surface area (Å²) in [5.74, 6) is 0. The molecule has 1 aliphatic rings. The van der Waals surface area contributed by atoms with Gasteiger partial charge in [-0.3, -0.25) is 0 Å². The molecule has 6 rings (SSSR count). The van der Waals surface area contributed by atoms with E-state index in [1.165, 1.54) is 28.0 Å². The van der Waals surface area contributed by atoms with Crippen molar-refractivity contribution in [2.24, 2.45) is 0 Å². The highest BCUT2D eigenvalue weighted by molar-refractivity contribution is 7.16. The van der Waals surface area contributed by atoms with Crippen molar-refractivity contribution < 1.29 is 0 Å². The second-order valence-electron chi connectivity index (χ2n) is 9.65. The van der Waals surface area contributed by atoms with Gasteiger partial charge < -0.3 is 4.90 Å². The summed E-state index contributed by atoms with van der Waals surface area (Å²) in [6, 6.07) is 23.0. The van der Waals surface area contributed by atoms with E-state index >= 15 is 0 Å².